The number of allylic oxidation sites excluding steroid dienone is 1. The van der Waals surface area contributed by atoms with E-state index in [2.05, 4.69) is 4.98 Å². The Hall–Kier alpha value is -2.50. The van der Waals surface area contributed by atoms with Gasteiger partial charge in [0.2, 0.25) is 5.13 Å². The van der Waals surface area contributed by atoms with E-state index in [1.165, 1.54) is 11.8 Å². The average Bonchev–Trinajstić information content (AvgIpc) is 3.11. The number of nitrogens with two attached hydrogens (primary N) is 1. The molecular formula is C17H17F3N4O3S. The molecular weight excluding hydrogens is 397 g/mol. The van der Waals surface area contributed by atoms with Gasteiger partial charge in [-0.05, 0) is 19.1 Å². The van der Waals surface area contributed by atoms with Crippen molar-refractivity contribution in [1.82, 2.24) is 9.88 Å². The van der Waals surface area contributed by atoms with Gasteiger partial charge in [0.05, 0.1) is 23.4 Å². The van der Waals surface area contributed by atoms with Gasteiger partial charge in [-0.2, -0.15) is 13.2 Å². The third-order valence-electron chi connectivity index (χ3n) is 4.25. The molecule has 150 valence electrons. The number of nitrogens with zero attached hydrogens (tertiary/aromatic N) is 3. The molecule has 1 aliphatic rings. The highest BCUT2D eigenvalue weighted by molar-refractivity contribution is 7.22. The number of ketones is 1. The maximum atomic E-state index is 13.2. The zero-order chi connectivity index (χ0) is 20.5. The maximum Gasteiger partial charge on any atom is 0.455 e. The van der Waals surface area contributed by atoms with Crippen LogP contribution in [-0.4, -0.2) is 54.1 Å². The number of hydrogen-bond acceptors (Lipinski definition) is 7. The average molecular weight is 414 g/mol. The Morgan fingerprint density at radius 3 is 2.50 bits per heavy atom. The topological polar surface area (TPSA) is 88.8 Å². The molecule has 2 aromatic rings. The van der Waals surface area contributed by atoms with E-state index in [9.17, 15) is 22.8 Å². The van der Waals surface area contributed by atoms with Gasteiger partial charge in [0.15, 0.2) is 0 Å². The number of carbonyl (C=O) groups excluding carboxylic acids is 2. The number of ether oxygens (including phenoxy) is 1. The van der Waals surface area contributed by atoms with Crippen LogP contribution in [0, 0.1) is 0 Å². The van der Waals surface area contributed by atoms with E-state index in [1.807, 2.05) is 0 Å². The molecule has 28 heavy (non-hydrogen) atoms. The van der Waals surface area contributed by atoms with Crippen LogP contribution >= 0.6 is 11.3 Å². The van der Waals surface area contributed by atoms with Gasteiger partial charge in [0, 0.05) is 18.8 Å². The fourth-order valence-electron chi connectivity index (χ4n) is 2.79. The summed E-state index contributed by atoms with van der Waals surface area (Å²) in [5, 5.41) is 0.488. The van der Waals surface area contributed by atoms with E-state index >= 15 is 0 Å². The number of benzene rings is 1. The molecule has 1 aromatic carbocycles. The van der Waals surface area contributed by atoms with E-state index in [-0.39, 0.29) is 37.1 Å². The molecule has 2 heterocycles. The van der Waals surface area contributed by atoms with Gasteiger partial charge in [-0.15, -0.1) is 0 Å². The number of Topliss-reactive ketones (excluding diaryl/α,β-unsaturated/α-hetero) is 1. The molecule has 1 aliphatic heterocycles. The van der Waals surface area contributed by atoms with Gasteiger partial charge in [-0.25, -0.2) is 15.8 Å². The lowest BCUT2D eigenvalue weighted by atomic mass is 10.1. The molecule has 0 spiro atoms. The van der Waals surface area contributed by atoms with Crippen LogP contribution in [0.4, 0.5) is 18.3 Å². The van der Waals surface area contributed by atoms with Crippen LogP contribution in [0.15, 0.2) is 35.5 Å². The molecule has 2 N–H and O–H groups in total. The molecule has 0 radical (unpaired) electrons. The fraction of sp³-hybridized carbons (Fsp3) is 0.353. The van der Waals surface area contributed by atoms with Crippen molar-refractivity contribution in [3.8, 4) is 0 Å². The zero-order valence-corrected chi connectivity index (χ0v) is 15.6. The van der Waals surface area contributed by atoms with Gasteiger partial charge in [-0.1, -0.05) is 23.5 Å². The Balaban J connectivity index is 2.00. The van der Waals surface area contributed by atoms with E-state index < -0.39 is 23.4 Å². The summed E-state index contributed by atoms with van der Waals surface area (Å²) in [5.74, 6) is 2.29. The zero-order valence-electron chi connectivity index (χ0n) is 14.8. The Bertz CT molecular complexity index is 902. The Morgan fingerprint density at radius 1 is 1.25 bits per heavy atom. The number of aromatic nitrogens is 1. The summed E-state index contributed by atoms with van der Waals surface area (Å²) in [4.78, 5) is 30.5. The first-order valence-corrected chi connectivity index (χ1v) is 9.11. The molecule has 0 saturated carbocycles. The van der Waals surface area contributed by atoms with E-state index in [1.54, 1.807) is 24.3 Å². The quantitative estimate of drug-likeness (QED) is 0.206. The minimum atomic E-state index is -5.22. The number of para-hydroxylation sites is 1. The number of hydrogen-bond donors (Lipinski definition) is 1. The van der Waals surface area contributed by atoms with Gasteiger partial charge < -0.3 is 9.64 Å². The lowest BCUT2D eigenvalue weighted by Crippen LogP contribution is -2.45. The maximum absolute atomic E-state index is 13.2. The summed E-state index contributed by atoms with van der Waals surface area (Å²) in [6.07, 6.45) is -5.22. The highest BCUT2D eigenvalue weighted by Crippen LogP contribution is 2.30. The van der Waals surface area contributed by atoms with Gasteiger partial charge >= 0.3 is 6.18 Å². The number of anilines is 1. The Kier molecular flexibility index (Phi) is 5.68. The first-order chi connectivity index (χ1) is 13.2. The summed E-state index contributed by atoms with van der Waals surface area (Å²) < 4.78 is 45.4. The number of morpholine rings is 1. The number of amides is 1. The summed E-state index contributed by atoms with van der Waals surface area (Å²) in [6, 6.07) is 6.92. The second-order valence-corrected chi connectivity index (χ2v) is 7.04. The molecule has 1 aromatic heterocycles. The largest absolute Gasteiger partial charge is 0.455 e. The van der Waals surface area contributed by atoms with Crippen molar-refractivity contribution in [3.05, 3.63) is 35.5 Å². The lowest BCUT2D eigenvalue weighted by Gasteiger charge is -2.31. The van der Waals surface area contributed by atoms with Crippen LogP contribution in [0.25, 0.3) is 10.2 Å². The molecule has 1 amide bonds. The van der Waals surface area contributed by atoms with Crippen LogP contribution in [0.5, 0.6) is 0 Å². The minimum Gasteiger partial charge on any atom is -0.378 e. The van der Waals surface area contributed by atoms with Crippen LogP contribution < -0.4 is 10.9 Å². The molecule has 0 unspecified atom stereocenters. The standard InChI is InChI=1S/C17H17F3N4O3S/c1-10(23-6-8-27-9-7-23)13(14(25)17(18,19)20)15(26)24(21)16-22-11-4-2-3-5-12(11)28-16/h2-5H,6-9,21H2,1H3. The monoisotopic (exact) mass is 414 g/mol. The number of rotatable bonds is 4. The molecule has 0 atom stereocenters. The summed E-state index contributed by atoms with van der Waals surface area (Å²) in [7, 11) is 0. The highest BCUT2D eigenvalue weighted by Gasteiger charge is 2.45. The predicted molar refractivity (Wildman–Crippen MR) is 97.4 cm³/mol. The second-order valence-electron chi connectivity index (χ2n) is 6.03. The van der Waals surface area contributed by atoms with Crippen molar-refractivity contribution < 1.29 is 27.5 Å². The van der Waals surface area contributed by atoms with Gasteiger partial charge in [-0.3, -0.25) is 9.59 Å². The molecule has 0 aliphatic carbocycles. The summed E-state index contributed by atoms with van der Waals surface area (Å²) in [6.45, 7) is 2.39. The number of alkyl halides is 3. The van der Waals surface area contributed by atoms with Crippen LogP contribution in [0.3, 0.4) is 0 Å². The van der Waals surface area contributed by atoms with Crippen molar-refractivity contribution in [2.75, 3.05) is 31.3 Å². The van der Waals surface area contributed by atoms with Crippen molar-refractivity contribution >= 4 is 38.4 Å². The van der Waals surface area contributed by atoms with Crippen molar-refractivity contribution in [2.45, 2.75) is 13.1 Å². The summed E-state index contributed by atoms with van der Waals surface area (Å²) >= 11 is 1.04. The predicted octanol–water partition coefficient (Wildman–Crippen LogP) is 2.24. The SMILES string of the molecule is CC(=C(C(=O)N(N)c1nc2ccccc2s1)C(=O)C(F)(F)F)N1CCOCC1. The minimum absolute atomic E-state index is 0.00606. The van der Waals surface area contributed by atoms with Crippen LogP contribution in [0.1, 0.15) is 6.92 Å². The van der Waals surface area contributed by atoms with E-state index in [0.717, 1.165) is 11.3 Å². The Morgan fingerprint density at radius 2 is 1.89 bits per heavy atom. The molecule has 11 heteroatoms. The Labute approximate surface area is 162 Å². The lowest BCUT2D eigenvalue weighted by molar-refractivity contribution is -0.167. The van der Waals surface area contributed by atoms with Gasteiger partial charge in [0.25, 0.3) is 11.7 Å². The van der Waals surface area contributed by atoms with Crippen molar-refractivity contribution in [3.63, 3.8) is 0 Å². The van der Waals surface area contributed by atoms with E-state index in [0.29, 0.717) is 15.2 Å². The number of halogens is 3. The molecule has 3 rings (SSSR count). The molecule has 7 nitrogen and oxygen atoms in total. The molecule has 0 bridgehead atoms. The first kappa shape index (κ1) is 20.2. The third-order valence-corrected chi connectivity index (χ3v) is 5.29. The number of carbonyl (C=O) groups is 2. The fourth-order valence-corrected chi connectivity index (χ4v) is 3.67. The van der Waals surface area contributed by atoms with Crippen molar-refractivity contribution in [1.29, 1.82) is 0 Å². The number of thiazole rings is 1. The van der Waals surface area contributed by atoms with Crippen LogP contribution in [-0.2, 0) is 14.3 Å². The van der Waals surface area contributed by atoms with Crippen LogP contribution in [0.2, 0.25) is 0 Å². The van der Waals surface area contributed by atoms with Crippen molar-refractivity contribution in [2.24, 2.45) is 5.84 Å². The second kappa shape index (κ2) is 7.86. The normalized spacial score (nSPS) is 16.1. The van der Waals surface area contributed by atoms with Gasteiger partial charge in [0.1, 0.15) is 5.57 Å². The number of fused-ring (bicyclic) bond motifs is 1. The van der Waals surface area contributed by atoms with E-state index in [4.69, 9.17) is 10.6 Å². The number of hydrazine groups is 1. The molecule has 1 fully saturated rings. The summed E-state index contributed by atoms with van der Waals surface area (Å²) in [5.41, 5.74) is -0.563. The highest BCUT2D eigenvalue weighted by atomic mass is 32.1. The third kappa shape index (κ3) is 4.01. The smallest absolute Gasteiger partial charge is 0.378 e. The molecule has 1 saturated heterocycles. The first-order valence-electron chi connectivity index (χ1n) is 8.30.